The van der Waals surface area contributed by atoms with Crippen molar-refractivity contribution in [1.82, 2.24) is 0 Å². The standard InChI is InChI=1S/C9H6Cl2O/c10-5-1-2-7-3-4-8(12)6-9(7)11/h3-4,6,12H,5H2. The zero-order valence-electron chi connectivity index (χ0n) is 6.14. The first kappa shape index (κ1) is 9.25. The zero-order valence-corrected chi connectivity index (χ0v) is 7.65. The van der Waals surface area contributed by atoms with Crippen molar-refractivity contribution in [3.63, 3.8) is 0 Å². The van der Waals surface area contributed by atoms with Crippen LogP contribution in [0.5, 0.6) is 5.75 Å². The van der Waals surface area contributed by atoms with Crippen molar-refractivity contribution in [2.24, 2.45) is 0 Å². The highest BCUT2D eigenvalue weighted by molar-refractivity contribution is 6.31. The molecule has 0 radical (unpaired) electrons. The van der Waals surface area contributed by atoms with E-state index in [0.717, 1.165) is 0 Å². The van der Waals surface area contributed by atoms with Gasteiger partial charge in [0.2, 0.25) is 0 Å². The van der Waals surface area contributed by atoms with Crippen LogP contribution in [-0.2, 0) is 0 Å². The Bertz CT molecular complexity index is 336. The number of alkyl halides is 1. The van der Waals surface area contributed by atoms with Gasteiger partial charge in [-0.1, -0.05) is 23.4 Å². The molecule has 0 aromatic heterocycles. The van der Waals surface area contributed by atoms with E-state index in [-0.39, 0.29) is 11.6 Å². The minimum Gasteiger partial charge on any atom is -0.508 e. The molecule has 0 aliphatic rings. The van der Waals surface area contributed by atoms with Crippen LogP contribution < -0.4 is 0 Å². The quantitative estimate of drug-likeness (QED) is 0.505. The number of benzene rings is 1. The topological polar surface area (TPSA) is 20.2 Å². The lowest BCUT2D eigenvalue weighted by Crippen LogP contribution is -1.76. The Labute approximate surface area is 80.9 Å². The molecule has 0 spiro atoms. The number of phenols is 1. The van der Waals surface area contributed by atoms with E-state index in [4.69, 9.17) is 28.3 Å². The molecule has 12 heavy (non-hydrogen) atoms. The summed E-state index contributed by atoms with van der Waals surface area (Å²) in [6.45, 7) is 0. The second kappa shape index (κ2) is 4.25. The van der Waals surface area contributed by atoms with E-state index in [1.807, 2.05) is 0 Å². The molecule has 0 amide bonds. The third kappa shape index (κ3) is 2.34. The molecule has 0 unspecified atom stereocenters. The summed E-state index contributed by atoms with van der Waals surface area (Å²) >= 11 is 11.1. The van der Waals surface area contributed by atoms with Crippen molar-refractivity contribution in [1.29, 1.82) is 0 Å². The fourth-order valence-corrected chi connectivity index (χ4v) is 1.02. The van der Waals surface area contributed by atoms with E-state index in [1.54, 1.807) is 6.07 Å². The van der Waals surface area contributed by atoms with E-state index in [2.05, 4.69) is 11.8 Å². The molecule has 0 saturated heterocycles. The summed E-state index contributed by atoms with van der Waals surface area (Å²) in [6, 6.07) is 4.63. The van der Waals surface area contributed by atoms with Gasteiger partial charge in [-0.05, 0) is 18.2 Å². The van der Waals surface area contributed by atoms with Gasteiger partial charge < -0.3 is 5.11 Å². The van der Waals surface area contributed by atoms with E-state index < -0.39 is 0 Å². The molecule has 1 rings (SSSR count). The first-order valence-electron chi connectivity index (χ1n) is 3.27. The van der Waals surface area contributed by atoms with Crippen molar-refractivity contribution in [2.45, 2.75) is 0 Å². The minimum atomic E-state index is 0.136. The summed E-state index contributed by atoms with van der Waals surface area (Å²) in [5.74, 6) is 5.85. The van der Waals surface area contributed by atoms with Gasteiger partial charge in [0.15, 0.2) is 0 Å². The zero-order chi connectivity index (χ0) is 8.97. The summed E-state index contributed by atoms with van der Waals surface area (Å²) in [6.07, 6.45) is 0. The Hall–Kier alpha value is -0.840. The van der Waals surface area contributed by atoms with Crippen LogP contribution in [0.2, 0.25) is 5.02 Å². The lowest BCUT2D eigenvalue weighted by molar-refractivity contribution is 0.475. The maximum atomic E-state index is 9.00. The summed E-state index contributed by atoms with van der Waals surface area (Å²) in [5.41, 5.74) is 0.676. The Morgan fingerprint density at radius 3 is 2.75 bits per heavy atom. The van der Waals surface area contributed by atoms with Crippen molar-refractivity contribution >= 4 is 23.2 Å². The molecule has 0 heterocycles. The van der Waals surface area contributed by atoms with Gasteiger partial charge in [-0.25, -0.2) is 0 Å². The number of hydrogen-bond acceptors (Lipinski definition) is 1. The molecule has 1 aromatic carbocycles. The van der Waals surface area contributed by atoms with Crippen molar-refractivity contribution in [3.05, 3.63) is 28.8 Å². The Morgan fingerprint density at radius 1 is 1.42 bits per heavy atom. The smallest absolute Gasteiger partial charge is 0.117 e. The molecule has 0 saturated carbocycles. The van der Waals surface area contributed by atoms with Crippen LogP contribution in [0, 0.1) is 11.8 Å². The minimum absolute atomic E-state index is 0.136. The van der Waals surface area contributed by atoms with Crippen molar-refractivity contribution in [2.75, 3.05) is 5.88 Å². The second-order valence-corrected chi connectivity index (χ2v) is 2.77. The highest BCUT2D eigenvalue weighted by Gasteiger charge is 1.96. The number of hydrogen-bond donors (Lipinski definition) is 1. The molecule has 1 N–H and O–H groups in total. The molecule has 0 atom stereocenters. The first-order valence-corrected chi connectivity index (χ1v) is 4.18. The third-order valence-electron chi connectivity index (χ3n) is 1.24. The SMILES string of the molecule is Oc1ccc(C#CCCl)c(Cl)c1. The highest BCUT2D eigenvalue weighted by atomic mass is 35.5. The Morgan fingerprint density at radius 2 is 2.17 bits per heavy atom. The molecule has 1 nitrogen and oxygen atoms in total. The number of aromatic hydroxyl groups is 1. The predicted molar refractivity (Wildman–Crippen MR) is 50.7 cm³/mol. The van der Waals surface area contributed by atoms with Crippen LogP contribution in [0.1, 0.15) is 5.56 Å². The Balaban J connectivity index is 3.01. The highest BCUT2D eigenvalue weighted by Crippen LogP contribution is 2.20. The fraction of sp³-hybridized carbons (Fsp3) is 0.111. The molecule has 0 aliphatic heterocycles. The van der Waals surface area contributed by atoms with Gasteiger partial charge in [0.1, 0.15) is 5.75 Å². The summed E-state index contributed by atoms with van der Waals surface area (Å²) in [7, 11) is 0. The van der Waals surface area contributed by atoms with Gasteiger partial charge >= 0.3 is 0 Å². The fourth-order valence-electron chi connectivity index (χ4n) is 0.734. The van der Waals surface area contributed by atoms with E-state index in [1.165, 1.54) is 12.1 Å². The van der Waals surface area contributed by atoms with E-state index in [0.29, 0.717) is 10.6 Å². The lowest BCUT2D eigenvalue weighted by Gasteiger charge is -1.95. The summed E-state index contributed by atoms with van der Waals surface area (Å²) in [5, 5.41) is 9.44. The van der Waals surface area contributed by atoms with Crippen LogP contribution in [0.25, 0.3) is 0 Å². The second-order valence-electron chi connectivity index (χ2n) is 2.10. The van der Waals surface area contributed by atoms with Gasteiger partial charge in [0, 0.05) is 5.56 Å². The van der Waals surface area contributed by atoms with Crippen molar-refractivity contribution in [3.8, 4) is 17.6 Å². The Kier molecular flexibility index (Phi) is 3.28. The average Bonchev–Trinajstić information content (AvgIpc) is 2.03. The molecular weight excluding hydrogens is 195 g/mol. The van der Waals surface area contributed by atoms with Crippen molar-refractivity contribution < 1.29 is 5.11 Å². The number of halogens is 2. The van der Waals surface area contributed by atoms with Gasteiger partial charge in [-0.3, -0.25) is 0 Å². The van der Waals surface area contributed by atoms with E-state index >= 15 is 0 Å². The van der Waals surface area contributed by atoms with Crippen LogP contribution in [-0.4, -0.2) is 11.0 Å². The molecule has 0 fully saturated rings. The van der Waals surface area contributed by atoms with Crippen LogP contribution >= 0.6 is 23.2 Å². The first-order chi connectivity index (χ1) is 5.74. The maximum absolute atomic E-state index is 9.00. The van der Waals surface area contributed by atoms with Gasteiger partial charge in [-0.2, -0.15) is 0 Å². The molecule has 3 heteroatoms. The van der Waals surface area contributed by atoms with Crippen LogP contribution in [0.15, 0.2) is 18.2 Å². The monoisotopic (exact) mass is 200 g/mol. The molecule has 62 valence electrons. The maximum Gasteiger partial charge on any atom is 0.117 e. The summed E-state index contributed by atoms with van der Waals surface area (Å²) in [4.78, 5) is 0. The normalized spacial score (nSPS) is 8.83. The van der Waals surface area contributed by atoms with Gasteiger partial charge in [0.25, 0.3) is 0 Å². The molecule has 0 bridgehead atoms. The third-order valence-corrected chi connectivity index (χ3v) is 1.69. The lowest BCUT2D eigenvalue weighted by atomic mass is 10.2. The largest absolute Gasteiger partial charge is 0.508 e. The van der Waals surface area contributed by atoms with Gasteiger partial charge in [-0.15, -0.1) is 11.6 Å². The molecule has 0 aliphatic carbocycles. The molecular formula is C9H6Cl2O. The number of rotatable bonds is 0. The van der Waals surface area contributed by atoms with Crippen LogP contribution in [0.4, 0.5) is 0 Å². The van der Waals surface area contributed by atoms with E-state index in [9.17, 15) is 0 Å². The summed E-state index contributed by atoms with van der Waals surface area (Å²) < 4.78 is 0. The predicted octanol–water partition coefficient (Wildman–Crippen LogP) is 2.64. The van der Waals surface area contributed by atoms with Gasteiger partial charge in [0.05, 0.1) is 10.9 Å². The average molecular weight is 201 g/mol. The number of phenolic OH excluding ortho intramolecular Hbond substituents is 1. The van der Waals surface area contributed by atoms with Crippen LogP contribution in [0.3, 0.4) is 0 Å². The molecule has 1 aromatic rings.